The van der Waals surface area contributed by atoms with E-state index < -0.39 is 0 Å². The smallest absolute Gasteiger partial charge is 0.220 e. The van der Waals surface area contributed by atoms with E-state index in [2.05, 4.69) is 5.32 Å². The highest BCUT2D eigenvalue weighted by molar-refractivity contribution is 5.76. The van der Waals surface area contributed by atoms with Crippen LogP contribution in [0.3, 0.4) is 0 Å². The molecule has 3 rings (SSSR count). The molecule has 2 aromatic carbocycles. The fourth-order valence-electron chi connectivity index (χ4n) is 2.83. The first-order valence-corrected chi connectivity index (χ1v) is 9.30. The molecule has 5 nitrogen and oxygen atoms in total. The predicted molar refractivity (Wildman–Crippen MR) is 107 cm³/mol. The molecule has 1 aromatic heterocycles. The zero-order valence-electron chi connectivity index (χ0n) is 16.0. The van der Waals surface area contributed by atoms with Crippen LogP contribution >= 0.6 is 0 Å². The lowest BCUT2D eigenvalue weighted by Crippen LogP contribution is -2.23. The highest BCUT2D eigenvalue weighted by Crippen LogP contribution is 2.13. The van der Waals surface area contributed by atoms with Gasteiger partial charge in [0.05, 0.1) is 20.0 Å². The lowest BCUT2D eigenvalue weighted by Gasteiger charge is -2.08. The lowest BCUT2D eigenvalue weighted by atomic mass is 10.1. The summed E-state index contributed by atoms with van der Waals surface area (Å²) in [5.41, 5.74) is 3.24. The van der Waals surface area contributed by atoms with E-state index in [9.17, 15) is 4.79 Å². The molecule has 0 atom stereocenters. The summed E-state index contributed by atoms with van der Waals surface area (Å²) >= 11 is 0. The average molecular weight is 379 g/mol. The van der Waals surface area contributed by atoms with Crippen molar-refractivity contribution in [2.45, 2.75) is 32.6 Å². The van der Waals surface area contributed by atoms with Crippen LogP contribution in [0, 0.1) is 0 Å². The number of benzene rings is 2. The standard InChI is InChI=1S/C23H25NO4/c1-26-21-10-7-18(8-11-21)9-12-23(25)24-15-19-4-2-5-20(14-19)16-27-17-22-6-3-13-28-22/h2-8,10-11,13-14H,9,12,15-17H2,1H3,(H,24,25). The molecule has 3 aromatic rings. The van der Waals surface area contributed by atoms with Crippen molar-refractivity contribution in [1.29, 1.82) is 0 Å². The van der Waals surface area contributed by atoms with Gasteiger partial charge < -0.3 is 19.2 Å². The highest BCUT2D eigenvalue weighted by atomic mass is 16.5. The van der Waals surface area contributed by atoms with Gasteiger partial charge in [0.15, 0.2) is 0 Å². The summed E-state index contributed by atoms with van der Waals surface area (Å²) < 4.78 is 16.0. The summed E-state index contributed by atoms with van der Waals surface area (Å²) in [5, 5.41) is 2.98. The Balaban J connectivity index is 1.40. The molecule has 5 heteroatoms. The van der Waals surface area contributed by atoms with Gasteiger partial charge in [0.2, 0.25) is 5.91 Å². The molecule has 0 bridgehead atoms. The molecule has 1 amide bonds. The van der Waals surface area contributed by atoms with Gasteiger partial charge >= 0.3 is 0 Å². The Morgan fingerprint density at radius 1 is 0.964 bits per heavy atom. The van der Waals surface area contributed by atoms with Crippen LogP contribution in [-0.2, 0) is 35.7 Å². The van der Waals surface area contributed by atoms with Gasteiger partial charge in [-0.2, -0.15) is 0 Å². The van der Waals surface area contributed by atoms with Crippen LogP contribution < -0.4 is 10.1 Å². The number of carbonyl (C=O) groups excluding carboxylic acids is 1. The van der Waals surface area contributed by atoms with Crippen molar-refractivity contribution in [1.82, 2.24) is 5.32 Å². The Labute approximate surface area is 165 Å². The third-order valence-corrected chi connectivity index (χ3v) is 4.37. The van der Waals surface area contributed by atoms with E-state index in [-0.39, 0.29) is 5.91 Å². The number of carbonyl (C=O) groups is 1. The monoisotopic (exact) mass is 379 g/mol. The Morgan fingerprint density at radius 3 is 2.54 bits per heavy atom. The highest BCUT2D eigenvalue weighted by Gasteiger charge is 2.04. The van der Waals surface area contributed by atoms with Crippen LogP contribution in [0.5, 0.6) is 5.75 Å². The Kier molecular flexibility index (Phi) is 7.27. The predicted octanol–water partition coefficient (Wildman–Crippen LogP) is 4.25. The summed E-state index contributed by atoms with van der Waals surface area (Å²) in [6.45, 7) is 1.45. The third kappa shape index (κ3) is 6.28. The number of ether oxygens (including phenoxy) is 2. The first-order chi connectivity index (χ1) is 13.7. The van der Waals surface area contributed by atoms with Gasteiger partial charge in [-0.15, -0.1) is 0 Å². The largest absolute Gasteiger partial charge is 0.497 e. The first-order valence-electron chi connectivity index (χ1n) is 9.30. The molecule has 146 valence electrons. The van der Waals surface area contributed by atoms with E-state index in [4.69, 9.17) is 13.9 Å². The number of methoxy groups -OCH3 is 1. The second-order valence-corrected chi connectivity index (χ2v) is 6.52. The molecule has 0 aliphatic heterocycles. The van der Waals surface area contributed by atoms with Crippen LogP contribution in [0.15, 0.2) is 71.3 Å². The van der Waals surface area contributed by atoms with E-state index in [1.165, 1.54) is 0 Å². The number of nitrogens with one attached hydrogen (secondary N) is 1. The minimum absolute atomic E-state index is 0.0373. The third-order valence-electron chi connectivity index (χ3n) is 4.37. The molecular weight excluding hydrogens is 354 g/mol. The van der Waals surface area contributed by atoms with Gasteiger partial charge in [-0.05, 0) is 47.4 Å². The summed E-state index contributed by atoms with van der Waals surface area (Å²) in [6.07, 6.45) is 2.80. The lowest BCUT2D eigenvalue weighted by molar-refractivity contribution is -0.121. The van der Waals surface area contributed by atoms with Crippen molar-refractivity contribution < 1.29 is 18.7 Å². The molecule has 0 radical (unpaired) electrons. The van der Waals surface area contributed by atoms with Crippen LogP contribution in [0.1, 0.15) is 28.9 Å². The first kappa shape index (κ1) is 19.7. The van der Waals surface area contributed by atoms with Gasteiger partial charge in [-0.25, -0.2) is 0 Å². The van der Waals surface area contributed by atoms with Gasteiger partial charge in [0.1, 0.15) is 18.1 Å². The molecule has 1 heterocycles. The molecule has 0 unspecified atom stereocenters. The van der Waals surface area contributed by atoms with Crippen molar-refractivity contribution in [3.63, 3.8) is 0 Å². The second-order valence-electron chi connectivity index (χ2n) is 6.52. The second kappa shape index (κ2) is 10.3. The SMILES string of the molecule is COc1ccc(CCC(=O)NCc2cccc(COCc3ccco3)c2)cc1. The molecule has 0 aliphatic rings. The van der Waals surface area contributed by atoms with Crippen LogP contribution in [0.4, 0.5) is 0 Å². The van der Waals surface area contributed by atoms with E-state index in [0.29, 0.717) is 32.6 Å². The maximum absolute atomic E-state index is 12.1. The van der Waals surface area contributed by atoms with Crippen molar-refractivity contribution >= 4 is 5.91 Å². The fourth-order valence-corrected chi connectivity index (χ4v) is 2.83. The van der Waals surface area contributed by atoms with Gasteiger partial charge in [0.25, 0.3) is 0 Å². The summed E-state index contributed by atoms with van der Waals surface area (Å²) in [6, 6.07) is 19.6. The number of hydrogen-bond donors (Lipinski definition) is 1. The molecule has 0 saturated carbocycles. The summed E-state index contributed by atoms with van der Waals surface area (Å²) in [4.78, 5) is 12.1. The maximum atomic E-state index is 12.1. The normalized spacial score (nSPS) is 10.6. The zero-order chi connectivity index (χ0) is 19.6. The number of hydrogen-bond acceptors (Lipinski definition) is 4. The summed E-state index contributed by atoms with van der Waals surface area (Å²) in [7, 11) is 1.64. The minimum Gasteiger partial charge on any atom is -0.497 e. The Hall–Kier alpha value is -3.05. The average Bonchev–Trinajstić information content (AvgIpc) is 3.25. The number of rotatable bonds is 10. The molecule has 0 spiro atoms. The minimum atomic E-state index is 0.0373. The van der Waals surface area contributed by atoms with Gasteiger partial charge in [0, 0.05) is 13.0 Å². The molecule has 0 aliphatic carbocycles. The fraction of sp³-hybridized carbons (Fsp3) is 0.261. The van der Waals surface area contributed by atoms with Gasteiger partial charge in [-0.1, -0.05) is 36.4 Å². The van der Waals surface area contributed by atoms with Crippen molar-refractivity contribution in [2.24, 2.45) is 0 Å². The van der Waals surface area contributed by atoms with E-state index >= 15 is 0 Å². The maximum Gasteiger partial charge on any atom is 0.220 e. The number of furan rings is 1. The Bertz CT molecular complexity index is 857. The summed E-state index contributed by atoms with van der Waals surface area (Å²) in [5.74, 6) is 1.66. The topological polar surface area (TPSA) is 60.7 Å². The molecule has 28 heavy (non-hydrogen) atoms. The van der Waals surface area contributed by atoms with Crippen molar-refractivity contribution in [2.75, 3.05) is 7.11 Å². The molecule has 0 fully saturated rings. The van der Waals surface area contributed by atoms with Crippen LogP contribution in [0.25, 0.3) is 0 Å². The number of aryl methyl sites for hydroxylation is 1. The quantitative estimate of drug-likeness (QED) is 0.572. The molecule has 1 N–H and O–H groups in total. The van der Waals surface area contributed by atoms with Crippen molar-refractivity contribution in [3.8, 4) is 5.75 Å². The Morgan fingerprint density at radius 2 is 1.79 bits per heavy atom. The van der Waals surface area contributed by atoms with Crippen LogP contribution in [0.2, 0.25) is 0 Å². The van der Waals surface area contributed by atoms with E-state index in [0.717, 1.165) is 28.2 Å². The van der Waals surface area contributed by atoms with Gasteiger partial charge in [-0.3, -0.25) is 4.79 Å². The van der Waals surface area contributed by atoms with Crippen LogP contribution in [-0.4, -0.2) is 13.0 Å². The van der Waals surface area contributed by atoms with E-state index in [1.807, 2.05) is 60.7 Å². The molecular formula is C23H25NO4. The molecule has 0 saturated heterocycles. The number of amides is 1. The zero-order valence-corrected chi connectivity index (χ0v) is 16.0. The van der Waals surface area contributed by atoms with E-state index in [1.54, 1.807) is 13.4 Å². The van der Waals surface area contributed by atoms with Crippen molar-refractivity contribution in [3.05, 3.63) is 89.4 Å².